The van der Waals surface area contributed by atoms with Crippen molar-refractivity contribution in [2.24, 2.45) is 4.99 Å². The Morgan fingerprint density at radius 3 is 2.57 bits per heavy atom. The van der Waals surface area contributed by atoms with Gasteiger partial charge in [0.25, 0.3) is 0 Å². The second-order valence-electron chi connectivity index (χ2n) is 3.50. The minimum Gasteiger partial charge on any atom is -0.497 e. The highest BCUT2D eigenvalue weighted by Gasteiger charge is 2.14. The molecule has 2 heteroatoms. The Balaban J connectivity index is 2.21. The van der Waals surface area contributed by atoms with Gasteiger partial charge in [-0.1, -0.05) is 0 Å². The van der Waals surface area contributed by atoms with Crippen LogP contribution in [0.3, 0.4) is 0 Å². The smallest absolute Gasteiger partial charge is 0.118 e. The summed E-state index contributed by atoms with van der Waals surface area (Å²) in [7, 11) is 1.67. The van der Waals surface area contributed by atoms with Gasteiger partial charge < -0.3 is 4.74 Å². The van der Waals surface area contributed by atoms with Gasteiger partial charge in [-0.3, -0.25) is 4.99 Å². The first kappa shape index (κ1) is 9.25. The monoisotopic (exact) mass is 188 g/mol. The highest BCUT2D eigenvalue weighted by molar-refractivity contribution is 6.01. The molecule has 1 aliphatic heterocycles. The van der Waals surface area contributed by atoms with Crippen LogP contribution in [0.4, 0.5) is 0 Å². The average Bonchev–Trinajstić information content (AvgIpc) is 2.65. The van der Waals surface area contributed by atoms with Gasteiger partial charge in [0.15, 0.2) is 0 Å². The van der Waals surface area contributed by atoms with Crippen molar-refractivity contribution < 1.29 is 4.74 Å². The van der Waals surface area contributed by atoms with Crippen molar-refractivity contribution in [2.45, 2.75) is 18.9 Å². The topological polar surface area (TPSA) is 21.6 Å². The van der Waals surface area contributed by atoms with Gasteiger partial charge >= 0.3 is 0 Å². The van der Waals surface area contributed by atoms with Crippen molar-refractivity contribution in [1.29, 1.82) is 0 Å². The lowest BCUT2D eigenvalue weighted by Crippen LogP contribution is -1.95. The first-order valence-corrected chi connectivity index (χ1v) is 4.84. The van der Waals surface area contributed by atoms with E-state index < -0.39 is 0 Å². The summed E-state index contributed by atoms with van der Waals surface area (Å²) in [6.45, 7) is 3.93. The molecule has 14 heavy (non-hydrogen) atoms. The van der Waals surface area contributed by atoms with Gasteiger partial charge in [-0.05, 0) is 49.6 Å². The summed E-state index contributed by atoms with van der Waals surface area (Å²) in [4.78, 5) is 4.48. The molecular weight excluding hydrogens is 174 g/mol. The fourth-order valence-electron chi connectivity index (χ4n) is 1.66. The Morgan fingerprint density at radius 1 is 1.36 bits per heavy atom. The first-order chi connectivity index (χ1) is 6.79. The molecule has 0 spiro atoms. The second-order valence-corrected chi connectivity index (χ2v) is 3.50. The number of rotatable bonds is 2. The van der Waals surface area contributed by atoms with Gasteiger partial charge in [0, 0.05) is 5.71 Å². The van der Waals surface area contributed by atoms with Crippen molar-refractivity contribution in [3.63, 3.8) is 0 Å². The van der Waals surface area contributed by atoms with E-state index in [-0.39, 0.29) is 6.04 Å². The summed E-state index contributed by atoms with van der Waals surface area (Å²) >= 11 is 0. The maximum atomic E-state index is 5.10. The summed E-state index contributed by atoms with van der Waals surface area (Å²) in [5.41, 5.74) is 2.37. The third-order valence-corrected chi connectivity index (χ3v) is 2.48. The van der Waals surface area contributed by atoms with Crippen LogP contribution in [0.25, 0.3) is 0 Å². The Labute approximate surface area is 84.6 Å². The van der Waals surface area contributed by atoms with Crippen molar-refractivity contribution in [2.75, 3.05) is 7.11 Å². The zero-order valence-corrected chi connectivity index (χ0v) is 8.36. The van der Waals surface area contributed by atoms with Crippen LogP contribution in [0, 0.1) is 6.92 Å². The summed E-state index contributed by atoms with van der Waals surface area (Å²) < 4.78 is 5.10. The molecule has 0 saturated carbocycles. The molecule has 1 aromatic carbocycles. The highest BCUT2D eigenvalue weighted by atomic mass is 16.5. The Morgan fingerprint density at radius 2 is 2.07 bits per heavy atom. The van der Waals surface area contributed by atoms with E-state index in [1.54, 1.807) is 7.11 Å². The average molecular weight is 188 g/mol. The highest BCUT2D eigenvalue weighted by Crippen LogP contribution is 2.19. The van der Waals surface area contributed by atoms with Crippen LogP contribution >= 0.6 is 0 Å². The van der Waals surface area contributed by atoms with Crippen molar-refractivity contribution >= 4 is 5.71 Å². The fourth-order valence-corrected chi connectivity index (χ4v) is 1.66. The first-order valence-electron chi connectivity index (χ1n) is 4.84. The summed E-state index contributed by atoms with van der Waals surface area (Å²) in [5.74, 6) is 0.888. The molecule has 2 nitrogen and oxygen atoms in total. The Bertz CT molecular complexity index is 340. The largest absolute Gasteiger partial charge is 0.497 e. The normalized spacial score (nSPS) is 20.7. The molecule has 73 valence electrons. The summed E-state index contributed by atoms with van der Waals surface area (Å²) in [5, 5.41) is 0. The minimum atomic E-state index is 0.243. The molecule has 1 heterocycles. The molecule has 0 aromatic heterocycles. The van der Waals surface area contributed by atoms with Crippen LogP contribution < -0.4 is 4.74 Å². The lowest BCUT2D eigenvalue weighted by Gasteiger charge is -2.02. The van der Waals surface area contributed by atoms with Gasteiger partial charge in [0.1, 0.15) is 5.75 Å². The van der Waals surface area contributed by atoms with Crippen LogP contribution in [-0.4, -0.2) is 18.9 Å². The number of methoxy groups -OCH3 is 1. The van der Waals surface area contributed by atoms with E-state index in [0.717, 1.165) is 18.6 Å². The van der Waals surface area contributed by atoms with Crippen LogP contribution in [0.1, 0.15) is 18.4 Å². The Hall–Kier alpha value is -1.31. The predicted molar refractivity (Wildman–Crippen MR) is 57.9 cm³/mol. The van der Waals surface area contributed by atoms with E-state index in [9.17, 15) is 0 Å². The molecule has 1 aromatic rings. The van der Waals surface area contributed by atoms with E-state index >= 15 is 0 Å². The number of nitrogens with zero attached hydrogens (tertiary/aromatic N) is 1. The van der Waals surface area contributed by atoms with Gasteiger partial charge in [-0.25, -0.2) is 0 Å². The van der Waals surface area contributed by atoms with E-state index in [4.69, 9.17) is 4.74 Å². The lowest BCUT2D eigenvalue weighted by atomic mass is 10.1. The molecule has 1 atom stereocenters. The molecular formula is C12H14NO. The molecule has 0 bridgehead atoms. The number of benzene rings is 1. The molecule has 1 unspecified atom stereocenters. The van der Waals surface area contributed by atoms with Crippen molar-refractivity contribution in [3.05, 3.63) is 36.8 Å². The van der Waals surface area contributed by atoms with E-state index in [0.29, 0.717) is 0 Å². The summed E-state index contributed by atoms with van der Waals surface area (Å²) in [6, 6.07) is 8.28. The summed E-state index contributed by atoms with van der Waals surface area (Å²) in [6.07, 6.45) is 2.11. The van der Waals surface area contributed by atoms with Gasteiger partial charge in [0.05, 0.1) is 13.2 Å². The SMILES string of the molecule is [CH2]C1CCC(c2ccc(OC)cc2)=N1. The maximum Gasteiger partial charge on any atom is 0.118 e. The molecule has 1 radical (unpaired) electrons. The third-order valence-electron chi connectivity index (χ3n) is 2.48. The molecule has 0 amide bonds. The number of aliphatic imine (C=N–C) groups is 1. The molecule has 0 aliphatic carbocycles. The fraction of sp³-hybridized carbons (Fsp3) is 0.333. The second kappa shape index (κ2) is 3.82. The maximum absolute atomic E-state index is 5.10. The zero-order valence-electron chi connectivity index (χ0n) is 8.36. The van der Waals surface area contributed by atoms with Gasteiger partial charge in [-0.2, -0.15) is 0 Å². The van der Waals surface area contributed by atoms with Crippen LogP contribution in [-0.2, 0) is 0 Å². The van der Waals surface area contributed by atoms with Crippen LogP contribution in [0.15, 0.2) is 29.3 Å². The predicted octanol–water partition coefficient (Wildman–Crippen LogP) is 2.48. The number of hydrogen-bond acceptors (Lipinski definition) is 2. The zero-order chi connectivity index (χ0) is 9.97. The Kier molecular flexibility index (Phi) is 2.53. The number of hydrogen-bond donors (Lipinski definition) is 0. The quantitative estimate of drug-likeness (QED) is 0.698. The molecule has 1 aliphatic rings. The molecule has 0 N–H and O–H groups in total. The van der Waals surface area contributed by atoms with Crippen molar-refractivity contribution in [3.8, 4) is 5.75 Å². The van der Waals surface area contributed by atoms with Crippen LogP contribution in [0.2, 0.25) is 0 Å². The molecule has 0 saturated heterocycles. The van der Waals surface area contributed by atoms with E-state index in [1.807, 2.05) is 12.1 Å². The number of ether oxygens (including phenoxy) is 1. The van der Waals surface area contributed by atoms with Gasteiger partial charge in [-0.15, -0.1) is 0 Å². The minimum absolute atomic E-state index is 0.243. The molecule has 0 fully saturated rings. The third kappa shape index (κ3) is 1.79. The molecule has 2 rings (SSSR count). The van der Waals surface area contributed by atoms with E-state index in [2.05, 4.69) is 24.0 Å². The standard InChI is InChI=1S/C12H14NO/c1-9-3-8-12(13-9)10-4-6-11(14-2)7-5-10/h4-7,9H,1,3,8H2,2H3. The lowest BCUT2D eigenvalue weighted by molar-refractivity contribution is 0.415. The van der Waals surface area contributed by atoms with Crippen LogP contribution in [0.5, 0.6) is 5.75 Å². The van der Waals surface area contributed by atoms with Gasteiger partial charge in [0.2, 0.25) is 0 Å². The van der Waals surface area contributed by atoms with E-state index in [1.165, 1.54) is 11.3 Å². The van der Waals surface area contributed by atoms with Crippen molar-refractivity contribution in [1.82, 2.24) is 0 Å².